The molecule has 0 aliphatic carbocycles. The minimum absolute atomic E-state index is 0.161. The molecule has 0 radical (unpaired) electrons. The van der Waals surface area contributed by atoms with Crippen molar-refractivity contribution in [2.75, 3.05) is 47.9 Å². The van der Waals surface area contributed by atoms with Crippen LogP contribution >= 0.6 is 0 Å². The van der Waals surface area contributed by atoms with Crippen LogP contribution in [0.15, 0.2) is 40.8 Å². The van der Waals surface area contributed by atoms with Crippen molar-refractivity contribution in [2.24, 2.45) is 0 Å². The van der Waals surface area contributed by atoms with E-state index in [2.05, 4.69) is 41.2 Å². The Bertz CT molecular complexity index is 1460. The van der Waals surface area contributed by atoms with Crippen LogP contribution in [0, 0.1) is 0 Å². The summed E-state index contributed by atoms with van der Waals surface area (Å²) in [6, 6.07) is 12.2. The summed E-state index contributed by atoms with van der Waals surface area (Å²) >= 11 is 0. The van der Waals surface area contributed by atoms with Crippen molar-refractivity contribution in [3.8, 4) is 34.2 Å². The third-order valence-electron chi connectivity index (χ3n) is 7.42. The average Bonchev–Trinajstić information content (AvgIpc) is 3.57. The smallest absolute Gasteiger partial charge is 0.247 e. The monoisotopic (exact) mass is 531 g/mol. The predicted molar refractivity (Wildman–Crippen MR) is 151 cm³/mol. The van der Waals surface area contributed by atoms with Crippen LogP contribution in [-0.2, 0) is 4.79 Å². The molecule has 1 amide bonds. The minimum atomic E-state index is 0.161. The number of aromatic nitrogens is 3. The number of amides is 1. The van der Waals surface area contributed by atoms with E-state index >= 15 is 0 Å². The van der Waals surface area contributed by atoms with Gasteiger partial charge >= 0.3 is 0 Å². The molecule has 39 heavy (non-hydrogen) atoms. The average molecular weight is 532 g/mol. The maximum absolute atomic E-state index is 12.4. The third-order valence-corrected chi connectivity index (χ3v) is 7.42. The number of likely N-dealkylation sites (tertiary alicyclic amines) is 1. The SMILES string of the molecule is COc1ccc(-c2[nH]c3ccc(-c4nnc(C5CCN(C(=O)CN(C)C)CC5)o4)cc3c2C(C)C)cc1OC. The summed E-state index contributed by atoms with van der Waals surface area (Å²) < 4.78 is 17.2. The number of carbonyl (C=O) groups excluding carboxylic acids is 1. The molecule has 4 aromatic rings. The molecule has 2 aromatic heterocycles. The topological polar surface area (TPSA) is 96.7 Å². The summed E-state index contributed by atoms with van der Waals surface area (Å²) in [4.78, 5) is 19.8. The molecule has 9 nitrogen and oxygen atoms in total. The normalized spacial score (nSPS) is 14.5. The molecule has 1 N–H and O–H groups in total. The van der Waals surface area contributed by atoms with Gasteiger partial charge in [0.25, 0.3) is 0 Å². The Morgan fingerprint density at radius 1 is 1.05 bits per heavy atom. The van der Waals surface area contributed by atoms with Crippen LogP contribution in [-0.4, -0.2) is 78.8 Å². The molecule has 5 rings (SSSR count). The minimum Gasteiger partial charge on any atom is -0.493 e. The number of nitrogens with zero attached hydrogens (tertiary/aromatic N) is 4. The number of nitrogens with one attached hydrogen (secondary N) is 1. The Morgan fingerprint density at radius 2 is 1.77 bits per heavy atom. The fraction of sp³-hybridized carbons (Fsp3) is 0.433. The van der Waals surface area contributed by atoms with Crippen molar-refractivity contribution in [1.29, 1.82) is 0 Å². The van der Waals surface area contributed by atoms with Crippen molar-refractivity contribution in [1.82, 2.24) is 25.0 Å². The molecule has 0 saturated carbocycles. The molecule has 0 atom stereocenters. The fourth-order valence-corrected chi connectivity index (χ4v) is 5.43. The number of aromatic amines is 1. The lowest BCUT2D eigenvalue weighted by Crippen LogP contribution is -2.42. The first-order valence-electron chi connectivity index (χ1n) is 13.4. The molecule has 3 heterocycles. The lowest BCUT2D eigenvalue weighted by Gasteiger charge is -2.31. The summed E-state index contributed by atoms with van der Waals surface area (Å²) in [5.74, 6) is 3.15. The van der Waals surface area contributed by atoms with E-state index in [9.17, 15) is 4.79 Å². The maximum atomic E-state index is 12.4. The number of hydrogen-bond donors (Lipinski definition) is 1. The van der Waals surface area contributed by atoms with Crippen LogP contribution in [0.5, 0.6) is 11.5 Å². The molecule has 0 unspecified atom stereocenters. The first-order chi connectivity index (χ1) is 18.8. The van der Waals surface area contributed by atoms with Crippen molar-refractivity contribution in [3.63, 3.8) is 0 Å². The molecule has 1 aliphatic rings. The van der Waals surface area contributed by atoms with Gasteiger partial charge < -0.3 is 28.7 Å². The van der Waals surface area contributed by atoms with Crippen LogP contribution in [0.1, 0.15) is 50.0 Å². The van der Waals surface area contributed by atoms with E-state index in [1.807, 2.05) is 48.2 Å². The van der Waals surface area contributed by atoms with Crippen LogP contribution in [0.4, 0.5) is 0 Å². The highest BCUT2D eigenvalue weighted by molar-refractivity contribution is 5.94. The highest BCUT2D eigenvalue weighted by Gasteiger charge is 2.28. The van der Waals surface area contributed by atoms with Gasteiger partial charge in [-0.2, -0.15) is 0 Å². The van der Waals surface area contributed by atoms with Crippen molar-refractivity contribution in [3.05, 3.63) is 47.9 Å². The summed E-state index contributed by atoms with van der Waals surface area (Å²) in [5, 5.41) is 9.92. The number of H-pyrrole nitrogens is 1. The van der Waals surface area contributed by atoms with E-state index in [1.54, 1.807) is 14.2 Å². The number of carbonyl (C=O) groups is 1. The molecule has 0 spiro atoms. The molecule has 2 aromatic carbocycles. The van der Waals surface area contributed by atoms with E-state index < -0.39 is 0 Å². The molecule has 206 valence electrons. The highest BCUT2D eigenvalue weighted by Crippen LogP contribution is 2.40. The first-order valence-corrected chi connectivity index (χ1v) is 13.4. The zero-order chi connectivity index (χ0) is 27.7. The molecule has 9 heteroatoms. The molecule has 1 aliphatic heterocycles. The number of ether oxygens (including phenoxy) is 2. The molecule has 1 fully saturated rings. The number of rotatable bonds is 8. The van der Waals surface area contributed by atoms with Crippen LogP contribution in [0.25, 0.3) is 33.6 Å². The van der Waals surface area contributed by atoms with Gasteiger partial charge in [0, 0.05) is 41.0 Å². The largest absolute Gasteiger partial charge is 0.493 e. The van der Waals surface area contributed by atoms with E-state index in [4.69, 9.17) is 13.9 Å². The number of fused-ring (bicyclic) bond motifs is 1. The highest BCUT2D eigenvalue weighted by atomic mass is 16.5. The van der Waals surface area contributed by atoms with Crippen LogP contribution < -0.4 is 9.47 Å². The molecule has 1 saturated heterocycles. The molecular formula is C30H37N5O4. The van der Waals surface area contributed by atoms with E-state index in [1.165, 1.54) is 5.56 Å². The van der Waals surface area contributed by atoms with Gasteiger partial charge in [0.05, 0.1) is 26.5 Å². The second kappa shape index (κ2) is 11.1. The Hall–Kier alpha value is -3.85. The van der Waals surface area contributed by atoms with Crippen molar-refractivity contribution >= 4 is 16.8 Å². The third kappa shape index (κ3) is 5.36. The van der Waals surface area contributed by atoms with Gasteiger partial charge in [-0.3, -0.25) is 4.79 Å². The zero-order valence-electron chi connectivity index (χ0n) is 23.6. The standard InChI is InChI=1S/C30H37N5O4/c1-18(2)27-22-15-21(7-9-23(22)31-28(27)20-8-10-24(37-5)25(16-20)38-6)30-33-32-29(39-30)19-11-13-35(14-12-19)26(36)17-34(3)4/h7-10,15-16,18-19,31H,11-14,17H2,1-6H3. The zero-order valence-corrected chi connectivity index (χ0v) is 23.6. The van der Waals surface area contributed by atoms with Gasteiger partial charge in [-0.05, 0) is 74.8 Å². The Balaban J connectivity index is 1.41. The summed E-state index contributed by atoms with van der Waals surface area (Å²) in [5.41, 5.74) is 5.24. The Kier molecular flexibility index (Phi) is 7.61. The van der Waals surface area contributed by atoms with Crippen LogP contribution in [0.2, 0.25) is 0 Å². The summed E-state index contributed by atoms with van der Waals surface area (Å²) in [6.45, 7) is 6.24. The number of benzene rings is 2. The van der Waals surface area contributed by atoms with Crippen LogP contribution in [0.3, 0.4) is 0 Å². The van der Waals surface area contributed by atoms with Gasteiger partial charge in [0.1, 0.15) is 0 Å². The number of piperidine rings is 1. The second-order valence-electron chi connectivity index (χ2n) is 10.7. The predicted octanol–water partition coefficient (Wildman–Crippen LogP) is 5.29. The van der Waals surface area contributed by atoms with Gasteiger partial charge in [0.15, 0.2) is 11.5 Å². The van der Waals surface area contributed by atoms with Gasteiger partial charge in [-0.1, -0.05) is 13.8 Å². The summed E-state index contributed by atoms with van der Waals surface area (Å²) in [6.07, 6.45) is 1.65. The van der Waals surface area contributed by atoms with Gasteiger partial charge in [-0.25, -0.2) is 0 Å². The molecular weight excluding hydrogens is 494 g/mol. The quantitative estimate of drug-likeness (QED) is 0.330. The number of hydrogen-bond acceptors (Lipinski definition) is 7. The number of methoxy groups -OCH3 is 2. The number of likely N-dealkylation sites (N-methyl/N-ethyl adjacent to an activating group) is 1. The van der Waals surface area contributed by atoms with E-state index in [0.29, 0.717) is 42.9 Å². The fourth-order valence-electron chi connectivity index (χ4n) is 5.43. The van der Waals surface area contributed by atoms with Crippen molar-refractivity contribution < 1.29 is 18.7 Å². The molecule has 0 bridgehead atoms. The first kappa shape index (κ1) is 26.7. The summed E-state index contributed by atoms with van der Waals surface area (Å²) in [7, 11) is 7.11. The lowest BCUT2D eigenvalue weighted by molar-refractivity contribution is -0.132. The maximum Gasteiger partial charge on any atom is 0.247 e. The van der Waals surface area contributed by atoms with E-state index in [0.717, 1.165) is 40.6 Å². The van der Waals surface area contributed by atoms with Crippen molar-refractivity contribution in [2.45, 2.75) is 38.5 Å². The van der Waals surface area contributed by atoms with E-state index in [-0.39, 0.29) is 17.7 Å². The second-order valence-corrected chi connectivity index (χ2v) is 10.7. The Morgan fingerprint density at radius 3 is 2.44 bits per heavy atom. The Labute approximate surface area is 229 Å². The lowest BCUT2D eigenvalue weighted by atomic mass is 9.95. The van der Waals surface area contributed by atoms with Gasteiger partial charge in [0.2, 0.25) is 17.7 Å². The van der Waals surface area contributed by atoms with Gasteiger partial charge in [-0.15, -0.1) is 10.2 Å².